The summed E-state index contributed by atoms with van der Waals surface area (Å²) in [5, 5.41) is 12.6. The molecule has 0 radical (unpaired) electrons. The zero-order valence-corrected chi connectivity index (χ0v) is 14.7. The molecule has 1 atom stereocenters. The van der Waals surface area contributed by atoms with Crippen LogP contribution in [0.1, 0.15) is 47.9 Å². The highest BCUT2D eigenvalue weighted by Gasteiger charge is 2.13. The van der Waals surface area contributed by atoms with Crippen molar-refractivity contribution >= 4 is 5.97 Å². The van der Waals surface area contributed by atoms with Gasteiger partial charge in [0, 0.05) is 19.0 Å². The largest absolute Gasteiger partial charge is 0.481 e. The molecule has 2 N–H and O–H groups in total. The minimum atomic E-state index is -0.728. The van der Waals surface area contributed by atoms with Gasteiger partial charge in [0.05, 0.1) is 0 Å². The van der Waals surface area contributed by atoms with Gasteiger partial charge < -0.3 is 10.4 Å². The molecule has 0 aliphatic heterocycles. The monoisotopic (exact) mass is 337 g/mol. The molecule has 0 fully saturated rings. The van der Waals surface area contributed by atoms with Crippen molar-refractivity contribution in [1.29, 1.82) is 0 Å². The van der Waals surface area contributed by atoms with E-state index in [0.29, 0.717) is 6.42 Å². The smallest absolute Gasteiger partial charge is 0.303 e. The fraction of sp³-hybridized carbons (Fsp3) is 0.409. The van der Waals surface area contributed by atoms with Crippen molar-refractivity contribution in [2.45, 2.75) is 57.5 Å². The van der Waals surface area contributed by atoms with Gasteiger partial charge in [0.15, 0.2) is 0 Å². The molecular weight excluding hydrogens is 310 g/mol. The number of carbonyl (C=O) groups is 1. The Morgan fingerprint density at radius 2 is 1.76 bits per heavy atom. The Hall–Kier alpha value is -2.13. The average Bonchev–Trinajstić information content (AvgIpc) is 2.64. The van der Waals surface area contributed by atoms with Crippen molar-refractivity contribution in [2.24, 2.45) is 0 Å². The summed E-state index contributed by atoms with van der Waals surface area (Å²) >= 11 is 0. The van der Waals surface area contributed by atoms with Crippen LogP contribution in [0.5, 0.6) is 0 Å². The predicted molar refractivity (Wildman–Crippen MR) is 101 cm³/mol. The van der Waals surface area contributed by atoms with E-state index in [1.54, 1.807) is 0 Å². The van der Waals surface area contributed by atoms with Gasteiger partial charge in [0.25, 0.3) is 0 Å². The van der Waals surface area contributed by atoms with Crippen LogP contribution in [0.3, 0.4) is 0 Å². The van der Waals surface area contributed by atoms with Crippen LogP contribution in [-0.2, 0) is 30.6 Å². The molecule has 2 aromatic rings. The molecule has 3 heteroatoms. The average molecular weight is 337 g/mol. The van der Waals surface area contributed by atoms with Gasteiger partial charge in [0.2, 0.25) is 0 Å². The van der Waals surface area contributed by atoms with Crippen molar-refractivity contribution in [3.63, 3.8) is 0 Å². The van der Waals surface area contributed by atoms with Crippen molar-refractivity contribution < 1.29 is 9.90 Å². The lowest BCUT2D eigenvalue weighted by Gasteiger charge is -2.20. The Bertz CT molecular complexity index is 696. The van der Waals surface area contributed by atoms with Crippen LogP contribution >= 0.6 is 0 Å². The van der Waals surface area contributed by atoms with E-state index >= 15 is 0 Å². The van der Waals surface area contributed by atoms with Crippen LogP contribution in [0.25, 0.3) is 0 Å². The molecule has 0 aromatic heterocycles. The zero-order chi connectivity index (χ0) is 17.5. The van der Waals surface area contributed by atoms with Gasteiger partial charge in [-0.25, -0.2) is 0 Å². The van der Waals surface area contributed by atoms with Gasteiger partial charge in [-0.05, 0) is 60.8 Å². The van der Waals surface area contributed by atoms with E-state index in [1.807, 2.05) is 18.2 Å². The van der Waals surface area contributed by atoms with Crippen LogP contribution in [0.2, 0.25) is 0 Å². The summed E-state index contributed by atoms with van der Waals surface area (Å²) in [7, 11) is 0. The molecule has 132 valence electrons. The van der Waals surface area contributed by atoms with E-state index in [2.05, 4.69) is 35.6 Å². The van der Waals surface area contributed by atoms with Crippen LogP contribution in [0.15, 0.2) is 48.5 Å². The molecule has 2 aromatic carbocycles. The molecule has 0 saturated carbocycles. The second-order valence-corrected chi connectivity index (χ2v) is 7.01. The minimum Gasteiger partial charge on any atom is -0.481 e. The summed E-state index contributed by atoms with van der Waals surface area (Å²) in [6.07, 6.45) is 6.70. The Morgan fingerprint density at radius 3 is 2.52 bits per heavy atom. The van der Waals surface area contributed by atoms with Crippen LogP contribution in [0, 0.1) is 0 Å². The van der Waals surface area contributed by atoms with Crippen molar-refractivity contribution in [3.05, 3.63) is 70.8 Å². The number of aryl methyl sites for hydroxylation is 2. The molecule has 0 saturated heterocycles. The molecule has 0 heterocycles. The highest BCUT2D eigenvalue weighted by atomic mass is 16.4. The third-order valence-electron chi connectivity index (χ3n) is 5.04. The van der Waals surface area contributed by atoms with Gasteiger partial charge in [0.1, 0.15) is 0 Å². The van der Waals surface area contributed by atoms with Gasteiger partial charge in [-0.3, -0.25) is 4.79 Å². The summed E-state index contributed by atoms with van der Waals surface area (Å²) in [4.78, 5) is 11.0. The summed E-state index contributed by atoms with van der Waals surface area (Å²) in [6.45, 7) is 0.796. The van der Waals surface area contributed by atoms with Gasteiger partial charge in [-0.2, -0.15) is 0 Å². The first-order chi connectivity index (χ1) is 12.2. The van der Waals surface area contributed by atoms with Crippen LogP contribution in [0.4, 0.5) is 0 Å². The van der Waals surface area contributed by atoms with Crippen molar-refractivity contribution in [2.75, 3.05) is 0 Å². The predicted octanol–water partition coefficient (Wildman–Crippen LogP) is 4.13. The Morgan fingerprint density at radius 1 is 1.00 bits per heavy atom. The second-order valence-electron chi connectivity index (χ2n) is 7.01. The van der Waals surface area contributed by atoms with Gasteiger partial charge >= 0.3 is 5.97 Å². The number of benzene rings is 2. The highest BCUT2D eigenvalue weighted by Crippen LogP contribution is 2.22. The molecule has 0 bridgehead atoms. The lowest BCUT2D eigenvalue weighted by atomic mass is 9.90. The number of hydrogen-bond acceptors (Lipinski definition) is 2. The molecule has 0 amide bonds. The van der Waals surface area contributed by atoms with Crippen molar-refractivity contribution in [1.82, 2.24) is 5.32 Å². The molecule has 3 nitrogen and oxygen atoms in total. The zero-order valence-electron chi connectivity index (χ0n) is 14.7. The van der Waals surface area contributed by atoms with Crippen LogP contribution < -0.4 is 5.32 Å². The fourth-order valence-corrected chi connectivity index (χ4v) is 3.63. The lowest BCUT2D eigenvalue weighted by Crippen LogP contribution is -2.31. The molecule has 25 heavy (non-hydrogen) atoms. The van der Waals surface area contributed by atoms with E-state index in [0.717, 1.165) is 13.0 Å². The van der Waals surface area contributed by atoms with Crippen molar-refractivity contribution in [3.8, 4) is 0 Å². The first-order valence-electron chi connectivity index (χ1n) is 9.30. The number of carboxylic acid groups (broad SMARTS) is 1. The number of fused-ring (bicyclic) bond motifs is 1. The maximum absolute atomic E-state index is 11.0. The minimum absolute atomic E-state index is 0.175. The molecule has 0 spiro atoms. The lowest BCUT2D eigenvalue weighted by molar-refractivity contribution is -0.137. The number of rotatable bonds is 8. The van der Waals surface area contributed by atoms with Gasteiger partial charge in [-0.15, -0.1) is 0 Å². The number of nitrogens with one attached hydrogen (secondary N) is 1. The normalized spacial score (nSPS) is 14.7. The molecular formula is C22H27NO2. The first kappa shape index (κ1) is 17.7. The van der Waals surface area contributed by atoms with E-state index < -0.39 is 5.97 Å². The highest BCUT2D eigenvalue weighted by molar-refractivity contribution is 5.66. The van der Waals surface area contributed by atoms with E-state index in [9.17, 15) is 4.79 Å². The first-order valence-corrected chi connectivity index (χ1v) is 9.30. The summed E-state index contributed by atoms with van der Waals surface area (Å²) in [5.41, 5.74) is 5.54. The molecule has 3 rings (SSSR count). The Kier molecular flexibility index (Phi) is 6.24. The fourth-order valence-electron chi connectivity index (χ4n) is 3.63. The summed E-state index contributed by atoms with van der Waals surface area (Å²) in [5.74, 6) is -0.728. The quantitative estimate of drug-likeness (QED) is 0.761. The molecule has 1 aliphatic rings. The number of hydrogen-bond donors (Lipinski definition) is 2. The standard InChI is InChI=1S/C22H27NO2/c24-22(25)13-12-21(15-17-6-2-1-3-7-17)23-16-18-10-11-19-8-4-5-9-20(19)14-18/h1-3,6-7,10-11,14,21,23H,4-5,8-9,12-13,15-16H2,(H,24,25). The third kappa shape index (κ3) is 5.43. The number of aliphatic carboxylic acids is 1. The topological polar surface area (TPSA) is 49.3 Å². The maximum atomic E-state index is 11.0. The maximum Gasteiger partial charge on any atom is 0.303 e. The third-order valence-corrected chi connectivity index (χ3v) is 5.04. The van der Waals surface area contributed by atoms with E-state index in [-0.39, 0.29) is 12.5 Å². The summed E-state index contributed by atoms with van der Waals surface area (Å²) < 4.78 is 0. The van der Waals surface area contributed by atoms with Gasteiger partial charge in [-0.1, -0.05) is 48.5 Å². The Labute approximate surface area is 150 Å². The van der Waals surface area contributed by atoms with E-state index in [1.165, 1.54) is 47.9 Å². The van der Waals surface area contributed by atoms with E-state index in [4.69, 9.17) is 5.11 Å². The molecule has 1 unspecified atom stereocenters. The number of carboxylic acids is 1. The Balaban J connectivity index is 1.62. The SMILES string of the molecule is O=C(O)CCC(Cc1ccccc1)NCc1ccc2c(c1)CCCC2. The molecule has 1 aliphatic carbocycles. The second kappa shape index (κ2) is 8.82. The van der Waals surface area contributed by atoms with Crippen LogP contribution in [-0.4, -0.2) is 17.1 Å². The summed E-state index contributed by atoms with van der Waals surface area (Å²) in [6, 6.07) is 17.3.